The van der Waals surface area contributed by atoms with Crippen LogP contribution in [0.4, 0.5) is 10.6 Å². The molecule has 134 valence electrons. The first-order valence-electron chi connectivity index (χ1n) is 8.38. The molecule has 2 amide bonds. The molecular formula is C16H22ClN7O. The van der Waals surface area contributed by atoms with Gasteiger partial charge in [0.05, 0.1) is 11.1 Å². The fraction of sp³-hybridized carbons (Fsp3) is 0.500. The minimum atomic E-state index is -0.189. The highest BCUT2D eigenvalue weighted by molar-refractivity contribution is 6.30. The van der Waals surface area contributed by atoms with Crippen molar-refractivity contribution in [3.63, 3.8) is 0 Å². The lowest BCUT2D eigenvalue weighted by Gasteiger charge is -2.35. The van der Waals surface area contributed by atoms with Crippen LogP contribution >= 0.6 is 11.6 Å². The molecular weight excluding hydrogens is 342 g/mol. The van der Waals surface area contributed by atoms with E-state index in [4.69, 9.17) is 11.6 Å². The van der Waals surface area contributed by atoms with Gasteiger partial charge in [0.1, 0.15) is 12.1 Å². The number of rotatable bonds is 4. The first-order valence-corrected chi connectivity index (χ1v) is 8.76. The number of pyridine rings is 1. The number of halogens is 1. The molecule has 0 saturated carbocycles. The van der Waals surface area contributed by atoms with Gasteiger partial charge in [-0.3, -0.25) is 0 Å². The number of nitrogens with one attached hydrogen (secondary N) is 1. The lowest BCUT2D eigenvalue weighted by Crippen LogP contribution is -2.52. The molecule has 0 aromatic carbocycles. The van der Waals surface area contributed by atoms with Gasteiger partial charge in [0.25, 0.3) is 0 Å². The van der Waals surface area contributed by atoms with Gasteiger partial charge in [-0.2, -0.15) is 0 Å². The van der Waals surface area contributed by atoms with Crippen LogP contribution in [-0.2, 0) is 6.54 Å². The maximum atomic E-state index is 12.5. The monoisotopic (exact) mass is 363 g/mol. The molecule has 1 N–H and O–H groups in total. The van der Waals surface area contributed by atoms with E-state index in [0.717, 1.165) is 31.3 Å². The molecule has 1 unspecified atom stereocenters. The average Bonchev–Trinajstić information content (AvgIpc) is 3.11. The standard InChI is InChI=1S/C16H22ClN7O/c1-3-22-11-19-21-15(22)12(2)20-16(25)24-8-6-23(7-9-24)14-5-4-13(17)10-18-14/h4-5,10-12H,3,6-9H2,1-2H3,(H,20,25). The molecule has 2 aromatic rings. The molecule has 0 bridgehead atoms. The van der Waals surface area contributed by atoms with Crippen molar-refractivity contribution < 1.29 is 4.79 Å². The van der Waals surface area contributed by atoms with Crippen LogP contribution in [0.15, 0.2) is 24.7 Å². The van der Waals surface area contributed by atoms with Crippen LogP contribution in [0, 0.1) is 0 Å². The predicted octanol–water partition coefficient (Wildman–Crippen LogP) is 1.94. The normalized spacial score (nSPS) is 16.0. The number of piperazine rings is 1. The van der Waals surface area contributed by atoms with Gasteiger partial charge in [-0.15, -0.1) is 10.2 Å². The van der Waals surface area contributed by atoms with Crippen molar-refractivity contribution in [2.45, 2.75) is 26.4 Å². The van der Waals surface area contributed by atoms with Gasteiger partial charge >= 0.3 is 6.03 Å². The Labute approximate surface area is 151 Å². The molecule has 1 aliphatic rings. The van der Waals surface area contributed by atoms with E-state index in [9.17, 15) is 4.79 Å². The molecule has 1 aliphatic heterocycles. The Kier molecular flexibility index (Phi) is 5.37. The van der Waals surface area contributed by atoms with Crippen molar-refractivity contribution in [3.05, 3.63) is 35.5 Å². The highest BCUT2D eigenvalue weighted by Crippen LogP contribution is 2.16. The molecule has 0 aliphatic carbocycles. The number of aromatic nitrogens is 4. The van der Waals surface area contributed by atoms with E-state index >= 15 is 0 Å². The number of hydrogen-bond donors (Lipinski definition) is 1. The number of urea groups is 1. The molecule has 0 radical (unpaired) electrons. The maximum absolute atomic E-state index is 12.5. The fourth-order valence-electron chi connectivity index (χ4n) is 2.88. The highest BCUT2D eigenvalue weighted by atomic mass is 35.5. The van der Waals surface area contributed by atoms with Crippen LogP contribution in [0.25, 0.3) is 0 Å². The lowest BCUT2D eigenvalue weighted by atomic mass is 10.3. The van der Waals surface area contributed by atoms with Crippen LogP contribution in [0.1, 0.15) is 25.7 Å². The summed E-state index contributed by atoms with van der Waals surface area (Å²) in [6.45, 7) is 7.47. The van der Waals surface area contributed by atoms with Crippen LogP contribution < -0.4 is 10.2 Å². The topological polar surface area (TPSA) is 79.2 Å². The number of aryl methyl sites for hydroxylation is 1. The van der Waals surface area contributed by atoms with E-state index in [2.05, 4.69) is 25.4 Å². The van der Waals surface area contributed by atoms with Crippen molar-refractivity contribution >= 4 is 23.4 Å². The van der Waals surface area contributed by atoms with Gasteiger partial charge in [0, 0.05) is 38.9 Å². The third kappa shape index (κ3) is 4.01. The van der Waals surface area contributed by atoms with Crippen molar-refractivity contribution in [2.75, 3.05) is 31.1 Å². The van der Waals surface area contributed by atoms with E-state index in [-0.39, 0.29) is 12.1 Å². The maximum Gasteiger partial charge on any atom is 0.318 e. The molecule has 3 rings (SSSR count). The van der Waals surface area contributed by atoms with Crippen molar-refractivity contribution in [2.24, 2.45) is 0 Å². The van der Waals surface area contributed by atoms with E-state index in [0.29, 0.717) is 18.1 Å². The largest absolute Gasteiger partial charge is 0.353 e. The Bertz CT molecular complexity index is 710. The minimum absolute atomic E-state index is 0.0816. The molecule has 2 aromatic heterocycles. The number of amides is 2. The molecule has 8 nitrogen and oxygen atoms in total. The first kappa shape index (κ1) is 17.5. The summed E-state index contributed by atoms with van der Waals surface area (Å²) in [4.78, 5) is 20.8. The van der Waals surface area contributed by atoms with Crippen molar-refractivity contribution in [1.29, 1.82) is 0 Å². The first-order chi connectivity index (χ1) is 12.1. The highest BCUT2D eigenvalue weighted by Gasteiger charge is 2.24. The number of carbonyl (C=O) groups is 1. The zero-order chi connectivity index (χ0) is 17.8. The van der Waals surface area contributed by atoms with Gasteiger partial charge in [-0.1, -0.05) is 11.6 Å². The van der Waals surface area contributed by atoms with E-state index < -0.39 is 0 Å². The summed E-state index contributed by atoms with van der Waals surface area (Å²) in [6, 6.07) is 3.46. The predicted molar refractivity (Wildman–Crippen MR) is 95.7 cm³/mol. The fourth-order valence-corrected chi connectivity index (χ4v) is 2.99. The van der Waals surface area contributed by atoms with E-state index in [1.165, 1.54) is 0 Å². The Morgan fingerprint density at radius 1 is 1.32 bits per heavy atom. The number of hydrogen-bond acceptors (Lipinski definition) is 5. The summed E-state index contributed by atoms with van der Waals surface area (Å²) >= 11 is 5.87. The molecule has 3 heterocycles. The number of carbonyl (C=O) groups excluding carboxylic acids is 1. The minimum Gasteiger partial charge on any atom is -0.353 e. The summed E-state index contributed by atoms with van der Waals surface area (Å²) in [5.41, 5.74) is 0. The summed E-state index contributed by atoms with van der Waals surface area (Å²) in [5.74, 6) is 1.65. The number of nitrogens with zero attached hydrogens (tertiary/aromatic N) is 6. The quantitative estimate of drug-likeness (QED) is 0.898. The SMILES string of the molecule is CCn1cnnc1C(C)NC(=O)N1CCN(c2ccc(Cl)cn2)CC1. The second-order valence-electron chi connectivity index (χ2n) is 5.96. The third-order valence-electron chi connectivity index (χ3n) is 4.32. The molecule has 25 heavy (non-hydrogen) atoms. The van der Waals surface area contributed by atoms with Gasteiger partial charge in [-0.25, -0.2) is 9.78 Å². The summed E-state index contributed by atoms with van der Waals surface area (Å²) < 4.78 is 1.93. The Hall–Kier alpha value is -2.35. The zero-order valence-corrected chi connectivity index (χ0v) is 15.1. The van der Waals surface area contributed by atoms with Crippen LogP contribution in [0.5, 0.6) is 0 Å². The smallest absolute Gasteiger partial charge is 0.318 e. The molecule has 9 heteroatoms. The Morgan fingerprint density at radius 3 is 2.72 bits per heavy atom. The summed E-state index contributed by atoms with van der Waals surface area (Å²) in [7, 11) is 0. The molecule has 0 spiro atoms. The summed E-state index contributed by atoms with van der Waals surface area (Å²) in [6.07, 6.45) is 3.32. The summed E-state index contributed by atoms with van der Waals surface area (Å²) in [5, 5.41) is 11.6. The molecule has 1 fully saturated rings. The average molecular weight is 364 g/mol. The zero-order valence-electron chi connectivity index (χ0n) is 14.4. The van der Waals surface area contributed by atoms with Crippen LogP contribution in [0.2, 0.25) is 5.02 Å². The second-order valence-corrected chi connectivity index (χ2v) is 6.39. The molecule has 1 atom stereocenters. The van der Waals surface area contributed by atoms with Crippen molar-refractivity contribution in [1.82, 2.24) is 30.0 Å². The molecule has 1 saturated heterocycles. The van der Waals surface area contributed by atoms with Crippen LogP contribution in [-0.4, -0.2) is 56.9 Å². The van der Waals surface area contributed by atoms with E-state index in [1.54, 1.807) is 12.5 Å². The third-order valence-corrected chi connectivity index (χ3v) is 4.54. The van der Waals surface area contributed by atoms with Gasteiger partial charge in [0.15, 0.2) is 5.82 Å². The Morgan fingerprint density at radius 2 is 2.08 bits per heavy atom. The van der Waals surface area contributed by atoms with Gasteiger partial charge in [0.2, 0.25) is 0 Å². The Balaban J connectivity index is 1.54. The lowest BCUT2D eigenvalue weighted by molar-refractivity contribution is 0.190. The van der Waals surface area contributed by atoms with Gasteiger partial charge < -0.3 is 19.7 Å². The number of anilines is 1. The van der Waals surface area contributed by atoms with Crippen molar-refractivity contribution in [3.8, 4) is 0 Å². The van der Waals surface area contributed by atoms with E-state index in [1.807, 2.05) is 35.4 Å². The van der Waals surface area contributed by atoms with Gasteiger partial charge in [-0.05, 0) is 26.0 Å². The van der Waals surface area contributed by atoms with Crippen LogP contribution in [0.3, 0.4) is 0 Å². The second kappa shape index (κ2) is 7.69.